The lowest BCUT2D eigenvalue weighted by Gasteiger charge is -2.61. The van der Waals surface area contributed by atoms with E-state index >= 15 is 0 Å². The average Bonchev–Trinajstić information content (AvgIpc) is 2.89. The monoisotopic (exact) mass is 304 g/mol. The Balaban J connectivity index is 1.63. The van der Waals surface area contributed by atoms with Crippen molar-refractivity contribution >= 4 is 6.29 Å². The first-order chi connectivity index (χ1) is 10.5. The normalized spacial score (nSPS) is 57.6. The molecule has 2 heteroatoms. The fraction of sp³-hybridized carbons (Fsp3) is 0.950. The number of rotatable bonds is 1. The molecule has 0 aromatic rings. The smallest absolute Gasteiger partial charge is 0.125 e. The van der Waals surface area contributed by atoms with Crippen LogP contribution in [-0.4, -0.2) is 17.5 Å². The first kappa shape index (κ1) is 15.2. The topological polar surface area (TPSA) is 37.3 Å². The highest BCUT2D eigenvalue weighted by molar-refractivity contribution is 5.55. The second kappa shape index (κ2) is 5.06. The molecule has 4 fully saturated rings. The Kier molecular flexibility index (Phi) is 3.49. The lowest BCUT2D eigenvalue weighted by atomic mass is 9.44. The van der Waals surface area contributed by atoms with Gasteiger partial charge in [-0.15, -0.1) is 0 Å². The summed E-state index contributed by atoms with van der Waals surface area (Å²) in [6.07, 6.45) is 12.2. The van der Waals surface area contributed by atoms with Crippen molar-refractivity contribution in [1.82, 2.24) is 0 Å². The highest BCUT2D eigenvalue weighted by atomic mass is 16.3. The van der Waals surface area contributed by atoms with Gasteiger partial charge in [0.2, 0.25) is 0 Å². The summed E-state index contributed by atoms with van der Waals surface area (Å²) < 4.78 is 0. The Morgan fingerprint density at radius 2 is 1.86 bits per heavy atom. The molecule has 0 aromatic heterocycles. The molecule has 0 aliphatic heterocycles. The van der Waals surface area contributed by atoms with E-state index in [-0.39, 0.29) is 12.0 Å². The maximum Gasteiger partial charge on any atom is 0.125 e. The molecule has 0 heterocycles. The lowest BCUT2D eigenvalue weighted by Crippen LogP contribution is -2.55. The third kappa shape index (κ3) is 1.98. The summed E-state index contributed by atoms with van der Waals surface area (Å²) in [5.41, 5.74) is 0.917. The van der Waals surface area contributed by atoms with Crippen LogP contribution in [0.1, 0.15) is 71.6 Å². The van der Waals surface area contributed by atoms with Crippen LogP contribution < -0.4 is 0 Å². The van der Waals surface area contributed by atoms with Gasteiger partial charge in [-0.05, 0) is 85.9 Å². The molecule has 0 aromatic carbocycles. The van der Waals surface area contributed by atoms with Gasteiger partial charge < -0.3 is 9.90 Å². The molecule has 0 amide bonds. The summed E-state index contributed by atoms with van der Waals surface area (Å²) in [6.45, 7) is 5.02. The van der Waals surface area contributed by atoms with Gasteiger partial charge in [-0.2, -0.15) is 0 Å². The standard InChI is InChI=1S/C20H32O2/c1-19-8-3-4-16(19)15-6-5-14-10-18(22)13(12-21)11-20(14,2)17(15)7-9-19/h12-18,22H,3-11H2,1-2H3/t13?,14?,15-,16-,17+,18?,19-,20-/m0/s1. The van der Waals surface area contributed by atoms with Crippen molar-refractivity contribution in [3.63, 3.8) is 0 Å². The van der Waals surface area contributed by atoms with Crippen LogP contribution in [0.3, 0.4) is 0 Å². The SMILES string of the molecule is C[C@@]12CCC[C@H]1[C@@H]1CCC3CC(O)C(C=O)C[C@]3(C)[C@@H]1CC2. The number of hydrogen-bond donors (Lipinski definition) is 1. The zero-order valence-electron chi connectivity index (χ0n) is 14.3. The van der Waals surface area contributed by atoms with Gasteiger partial charge in [-0.3, -0.25) is 0 Å². The highest BCUT2D eigenvalue weighted by Gasteiger charge is 2.58. The lowest BCUT2D eigenvalue weighted by molar-refractivity contribution is -0.146. The summed E-state index contributed by atoms with van der Waals surface area (Å²) >= 11 is 0. The number of hydrogen-bond acceptors (Lipinski definition) is 2. The number of aliphatic hydroxyl groups excluding tert-OH is 1. The van der Waals surface area contributed by atoms with E-state index in [0.717, 1.165) is 36.9 Å². The van der Waals surface area contributed by atoms with Gasteiger partial charge in [0, 0.05) is 5.92 Å². The fourth-order valence-corrected chi connectivity index (χ4v) is 7.48. The second-order valence-corrected chi connectivity index (χ2v) is 9.55. The average molecular weight is 304 g/mol. The summed E-state index contributed by atoms with van der Waals surface area (Å²) in [5, 5.41) is 10.3. The summed E-state index contributed by atoms with van der Waals surface area (Å²) in [6, 6.07) is 0. The Morgan fingerprint density at radius 3 is 2.64 bits per heavy atom. The molecule has 0 radical (unpaired) electrons. The van der Waals surface area contributed by atoms with Gasteiger partial charge in [0.15, 0.2) is 0 Å². The van der Waals surface area contributed by atoms with E-state index in [1.807, 2.05) is 0 Å². The first-order valence-corrected chi connectivity index (χ1v) is 9.61. The van der Waals surface area contributed by atoms with E-state index in [1.54, 1.807) is 0 Å². The van der Waals surface area contributed by atoms with Gasteiger partial charge >= 0.3 is 0 Å². The van der Waals surface area contributed by atoms with E-state index in [0.29, 0.717) is 16.7 Å². The Labute approximate surface area is 135 Å². The van der Waals surface area contributed by atoms with Crippen LogP contribution in [0.15, 0.2) is 0 Å². The van der Waals surface area contributed by atoms with E-state index in [2.05, 4.69) is 13.8 Å². The van der Waals surface area contributed by atoms with Crippen molar-refractivity contribution in [3.8, 4) is 0 Å². The van der Waals surface area contributed by atoms with E-state index in [1.165, 1.54) is 44.9 Å². The van der Waals surface area contributed by atoms with E-state index in [9.17, 15) is 9.90 Å². The van der Waals surface area contributed by atoms with E-state index < -0.39 is 0 Å². The zero-order chi connectivity index (χ0) is 15.5. The molecule has 8 atom stereocenters. The van der Waals surface area contributed by atoms with Crippen molar-refractivity contribution in [2.24, 2.45) is 40.4 Å². The third-order valence-corrected chi connectivity index (χ3v) is 8.72. The molecule has 1 N–H and O–H groups in total. The van der Waals surface area contributed by atoms with Crippen LogP contribution in [0.4, 0.5) is 0 Å². The van der Waals surface area contributed by atoms with Crippen LogP contribution in [0.5, 0.6) is 0 Å². The molecule has 4 saturated carbocycles. The van der Waals surface area contributed by atoms with Crippen LogP contribution >= 0.6 is 0 Å². The number of carbonyl (C=O) groups is 1. The summed E-state index contributed by atoms with van der Waals surface area (Å²) in [7, 11) is 0. The van der Waals surface area contributed by atoms with E-state index in [4.69, 9.17) is 0 Å². The minimum absolute atomic E-state index is 0.114. The molecule has 2 nitrogen and oxygen atoms in total. The van der Waals surface area contributed by atoms with Gasteiger partial charge in [0.25, 0.3) is 0 Å². The largest absolute Gasteiger partial charge is 0.392 e. The van der Waals surface area contributed by atoms with Gasteiger partial charge in [0.1, 0.15) is 6.29 Å². The molecule has 4 aliphatic carbocycles. The number of carbonyl (C=O) groups excluding carboxylic acids is 1. The Morgan fingerprint density at radius 1 is 1.05 bits per heavy atom. The zero-order valence-corrected chi connectivity index (χ0v) is 14.3. The minimum Gasteiger partial charge on any atom is -0.392 e. The number of aliphatic hydroxyl groups is 1. The van der Waals surface area contributed by atoms with Crippen molar-refractivity contribution in [1.29, 1.82) is 0 Å². The molecule has 3 unspecified atom stereocenters. The maximum atomic E-state index is 11.4. The molecular formula is C20H32O2. The van der Waals surface area contributed by atoms with Gasteiger partial charge in [0.05, 0.1) is 6.10 Å². The molecule has 0 saturated heterocycles. The number of aldehydes is 1. The maximum absolute atomic E-state index is 11.4. The summed E-state index contributed by atoms with van der Waals surface area (Å²) in [4.78, 5) is 11.4. The van der Waals surface area contributed by atoms with Crippen LogP contribution in [0.2, 0.25) is 0 Å². The van der Waals surface area contributed by atoms with Crippen LogP contribution in [0, 0.1) is 40.4 Å². The Hall–Kier alpha value is -0.370. The Bertz CT molecular complexity index is 461. The molecule has 0 spiro atoms. The van der Waals surface area contributed by atoms with Crippen molar-refractivity contribution in [2.45, 2.75) is 77.7 Å². The van der Waals surface area contributed by atoms with Crippen molar-refractivity contribution in [2.75, 3.05) is 0 Å². The van der Waals surface area contributed by atoms with Crippen LogP contribution in [-0.2, 0) is 4.79 Å². The molecule has 4 aliphatic rings. The molecule has 0 bridgehead atoms. The summed E-state index contributed by atoms with van der Waals surface area (Å²) in [5.74, 6) is 3.16. The predicted molar refractivity (Wildman–Crippen MR) is 87.3 cm³/mol. The predicted octanol–water partition coefficient (Wildman–Crippen LogP) is 4.21. The quantitative estimate of drug-likeness (QED) is 0.737. The highest BCUT2D eigenvalue weighted by Crippen LogP contribution is 2.66. The van der Waals surface area contributed by atoms with Gasteiger partial charge in [-0.25, -0.2) is 0 Å². The third-order valence-electron chi connectivity index (χ3n) is 8.72. The molecule has 22 heavy (non-hydrogen) atoms. The van der Waals surface area contributed by atoms with Crippen molar-refractivity contribution < 1.29 is 9.90 Å². The first-order valence-electron chi connectivity index (χ1n) is 9.61. The fourth-order valence-electron chi connectivity index (χ4n) is 7.48. The molecule has 124 valence electrons. The molecule has 4 rings (SSSR count). The van der Waals surface area contributed by atoms with Crippen molar-refractivity contribution in [3.05, 3.63) is 0 Å². The van der Waals surface area contributed by atoms with Gasteiger partial charge in [-0.1, -0.05) is 20.3 Å². The minimum atomic E-state index is -0.382. The molecular weight excluding hydrogens is 272 g/mol. The van der Waals surface area contributed by atoms with Crippen LogP contribution in [0.25, 0.3) is 0 Å². The number of fused-ring (bicyclic) bond motifs is 5. The second-order valence-electron chi connectivity index (χ2n) is 9.55.